The molecule has 0 radical (unpaired) electrons. The van der Waals surface area contributed by atoms with Gasteiger partial charge in [0.25, 0.3) is 0 Å². The second kappa shape index (κ2) is 5.77. The van der Waals surface area contributed by atoms with Crippen LogP contribution in [-0.2, 0) is 4.74 Å². The van der Waals surface area contributed by atoms with Crippen molar-refractivity contribution in [2.75, 3.05) is 19.8 Å². The van der Waals surface area contributed by atoms with Gasteiger partial charge in [0.2, 0.25) is 0 Å². The Morgan fingerprint density at radius 2 is 1.95 bits per heavy atom. The van der Waals surface area contributed by atoms with Crippen LogP contribution in [0.2, 0.25) is 0 Å². The molecule has 1 aliphatic rings. The highest BCUT2D eigenvalue weighted by atomic mass is 16.6. The summed E-state index contributed by atoms with van der Waals surface area (Å²) in [5, 5.41) is 0. The van der Waals surface area contributed by atoms with E-state index >= 15 is 0 Å². The molecule has 0 aromatic heterocycles. The van der Waals surface area contributed by atoms with Crippen molar-refractivity contribution in [1.82, 2.24) is 5.43 Å². The van der Waals surface area contributed by atoms with E-state index in [0.717, 1.165) is 17.1 Å². The van der Waals surface area contributed by atoms with Crippen molar-refractivity contribution in [3.63, 3.8) is 0 Å². The summed E-state index contributed by atoms with van der Waals surface area (Å²) in [6.07, 6.45) is 0. The molecule has 0 bridgehead atoms. The first-order chi connectivity index (χ1) is 8.99. The Morgan fingerprint density at radius 1 is 1.26 bits per heavy atom. The first-order valence-corrected chi connectivity index (χ1v) is 6.49. The van der Waals surface area contributed by atoms with Crippen LogP contribution in [0.15, 0.2) is 18.2 Å². The van der Waals surface area contributed by atoms with Crippen molar-refractivity contribution >= 4 is 0 Å². The van der Waals surface area contributed by atoms with Gasteiger partial charge in [-0.05, 0) is 38.5 Å². The normalized spacial score (nSPS) is 16.2. The van der Waals surface area contributed by atoms with Crippen LogP contribution >= 0.6 is 0 Å². The molecule has 106 valence electrons. The fourth-order valence-electron chi connectivity index (χ4n) is 1.85. The molecular weight excluding hydrogens is 244 g/mol. The number of ether oxygens (including phenoxy) is 3. The zero-order valence-corrected chi connectivity index (χ0v) is 11.7. The number of hydrazine groups is 1. The van der Waals surface area contributed by atoms with Gasteiger partial charge in [-0.2, -0.15) is 0 Å². The van der Waals surface area contributed by atoms with E-state index in [1.54, 1.807) is 0 Å². The van der Waals surface area contributed by atoms with Crippen LogP contribution in [0.5, 0.6) is 11.5 Å². The summed E-state index contributed by atoms with van der Waals surface area (Å²) in [7, 11) is 0. The summed E-state index contributed by atoms with van der Waals surface area (Å²) in [6, 6.07) is 5.76. The van der Waals surface area contributed by atoms with Crippen molar-refractivity contribution in [2.24, 2.45) is 5.84 Å². The van der Waals surface area contributed by atoms with E-state index in [2.05, 4.69) is 5.43 Å². The number of nitrogens with one attached hydrogen (secondary N) is 1. The number of hydrogen-bond acceptors (Lipinski definition) is 5. The molecule has 1 atom stereocenters. The molecule has 0 saturated carbocycles. The molecule has 0 saturated heterocycles. The largest absolute Gasteiger partial charge is 0.486 e. The highest BCUT2D eigenvalue weighted by molar-refractivity contribution is 5.44. The average Bonchev–Trinajstić information content (AvgIpc) is 2.38. The number of fused-ring (bicyclic) bond motifs is 1. The lowest BCUT2D eigenvalue weighted by atomic mass is 10.1. The third-order valence-corrected chi connectivity index (χ3v) is 2.85. The van der Waals surface area contributed by atoms with Crippen molar-refractivity contribution in [3.8, 4) is 11.5 Å². The second-order valence-electron chi connectivity index (χ2n) is 5.55. The molecule has 0 aliphatic carbocycles. The summed E-state index contributed by atoms with van der Waals surface area (Å²) in [4.78, 5) is 0. The standard InChI is InChI=1S/C14H22N2O3/c1-14(2,3)19-9-11(16-15)10-4-5-12-13(8-10)18-7-6-17-12/h4-5,8,11,16H,6-7,9,15H2,1-3H3. The zero-order chi connectivity index (χ0) is 13.9. The Labute approximate surface area is 114 Å². The van der Waals surface area contributed by atoms with Crippen molar-refractivity contribution in [3.05, 3.63) is 23.8 Å². The van der Waals surface area contributed by atoms with E-state index in [4.69, 9.17) is 20.1 Å². The predicted octanol–water partition coefficient (Wildman–Crippen LogP) is 1.78. The maximum atomic E-state index is 5.77. The fourth-order valence-corrected chi connectivity index (χ4v) is 1.85. The minimum atomic E-state index is -0.192. The SMILES string of the molecule is CC(C)(C)OCC(NN)c1ccc2c(c1)OCCO2. The molecule has 1 aromatic carbocycles. The summed E-state index contributed by atoms with van der Waals surface area (Å²) >= 11 is 0. The highest BCUT2D eigenvalue weighted by Gasteiger charge is 2.19. The van der Waals surface area contributed by atoms with Crippen LogP contribution in [0.1, 0.15) is 32.4 Å². The second-order valence-corrected chi connectivity index (χ2v) is 5.55. The Bertz CT molecular complexity index is 429. The summed E-state index contributed by atoms with van der Waals surface area (Å²) in [5.41, 5.74) is 3.61. The predicted molar refractivity (Wildman–Crippen MR) is 73.2 cm³/mol. The topological polar surface area (TPSA) is 65.7 Å². The van der Waals surface area contributed by atoms with E-state index in [1.165, 1.54) is 0 Å². The molecule has 1 aliphatic heterocycles. The molecule has 5 heteroatoms. The summed E-state index contributed by atoms with van der Waals surface area (Å²) in [6.45, 7) is 7.73. The van der Waals surface area contributed by atoms with Gasteiger partial charge in [0.1, 0.15) is 13.2 Å². The smallest absolute Gasteiger partial charge is 0.161 e. The van der Waals surface area contributed by atoms with Gasteiger partial charge in [-0.1, -0.05) is 6.07 Å². The van der Waals surface area contributed by atoms with E-state index in [1.807, 2.05) is 39.0 Å². The van der Waals surface area contributed by atoms with Crippen LogP contribution in [0.3, 0.4) is 0 Å². The van der Waals surface area contributed by atoms with Crippen molar-refractivity contribution in [1.29, 1.82) is 0 Å². The van der Waals surface area contributed by atoms with E-state index in [0.29, 0.717) is 19.8 Å². The molecule has 1 aromatic rings. The van der Waals surface area contributed by atoms with Crippen LogP contribution in [0.25, 0.3) is 0 Å². The van der Waals surface area contributed by atoms with Crippen LogP contribution in [0, 0.1) is 0 Å². The van der Waals surface area contributed by atoms with E-state index in [-0.39, 0.29) is 11.6 Å². The molecule has 1 heterocycles. The third-order valence-electron chi connectivity index (χ3n) is 2.85. The Kier molecular flexibility index (Phi) is 4.29. The summed E-state index contributed by atoms with van der Waals surface area (Å²) in [5.74, 6) is 7.15. The van der Waals surface area contributed by atoms with E-state index < -0.39 is 0 Å². The minimum absolute atomic E-state index is 0.0740. The van der Waals surface area contributed by atoms with Crippen molar-refractivity contribution < 1.29 is 14.2 Å². The molecular formula is C14H22N2O3. The molecule has 2 rings (SSSR count). The van der Waals surface area contributed by atoms with Gasteiger partial charge in [0.05, 0.1) is 18.2 Å². The molecule has 0 spiro atoms. The lowest BCUT2D eigenvalue weighted by molar-refractivity contribution is -0.0148. The van der Waals surface area contributed by atoms with Gasteiger partial charge >= 0.3 is 0 Å². The van der Waals surface area contributed by atoms with Crippen LogP contribution in [0.4, 0.5) is 0 Å². The first-order valence-electron chi connectivity index (χ1n) is 6.49. The van der Waals surface area contributed by atoms with Gasteiger partial charge in [0.15, 0.2) is 11.5 Å². The van der Waals surface area contributed by atoms with Gasteiger partial charge in [-0.25, -0.2) is 0 Å². The van der Waals surface area contributed by atoms with Crippen LogP contribution in [-0.4, -0.2) is 25.4 Å². The monoisotopic (exact) mass is 266 g/mol. The molecule has 0 amide bonds. The molecule has 1 unspecified atom stereocenters. The lowest BCUT2D eigenvalue weighted by Crippen LogP contribution is -2.34. The van der Waals surface area contributed by atoms with Gasteiger partial charge < -0.3 is 14.2 Å². The number of benzene rings is 1. The molecule has 19 heavy (non-hydrogen) atoms. The zero-order valence-electron chi connectivity index (χ0n) is 11.7. The number of rotatable bonds is 4. The number of hydrogen-bond donors (Lipinski definition) is 2. The van der Waals surface area contributed by atoms with Crippen LogP contribution < -0.4 is 20.7 Å². The molecule has 0 fully saturated rings. The molecule has 3 N–H and O–H groups in total. The summed E-state index contributed by atoms with van der Waals surface area (Å²) < 4.78 is 16.8. The van der Waals surface area contributed by atoms with E-state index in [9.17, 15) is 0 Å². The van der Waals surface area contributed by atoms with Gasteiger partial charge in [-0.15, -0.1) is 0 Å². The lowest BCUT2D eigenvalue weighted by Gasteiger charge is -2.25. The minimum Gasteiger partial charge on any atom is -0.486 e. The quantitative estimate of drug-likeness (QED) is 0.642. The average molecular weight is 266 g/mol. The Balaban J connectivity index is 2.10. The Hall–Kier alpha value is -1.30. The third kappa shape index (κ3) is 3.83. The maximum absolute atomic E-state index is 5.77. The van der Waals surface area contributed by atoms with Gasteiger partial charge in [-0.3, -0.25) is 11.3 Å². The molecule has 5 nitrogen and oxygen atoms in total. The fraction of sp³-hybridized carbons (Fsp3) is 0.571. The first kappa shape index (κ1) is 14.1. The maximum Gasteiger partial charge on any atom is 0.161 e. The van der Waals surface area contributed by atoms with Crippen molar-refractivity contribution in [2.45, 2.75) is 32.4 Å². The van der Waals surface area contributed by atoms with Gasteiger partial charge in [0, 0.05) is 0 Å². The Morgan fingerprint density at radius 3 is 2.58 bits per heavy atom. The number of nitrogens with two attached hydrogens (primary N) is 1. The highest BCUT2D eigenvalue weighted by Crippen LogP contribution is 2.32.